The molecule has 0 bridgehead atoms. The van der Waals surface area contributed by atoms with Gasteiger partial charge in [-0.1, -0.05) is 22.9 Å². The number of rotatable bonds is 4. The lowest BCUT2D eigenvalue weighted by Crippen LogP contribution is -2.15. The molecule has 0 saturated heterocycles. The Kier molecular flexibility index (Phi) is 3.97. The van der Waals surface area contributed by atoms with Gasteiger partial charge in [0.2, 0.25) is 0 Å². The van der Waals surface area contributed by atoms with Crippen molar-refractivity contribution in [2.45, 2.75) is 20.3 Å². The van der Waals surface area contributed by atoms with Gasteiger partial charge in [0.05, 0.1) is 6.61 Å². The number of nitrogens with zero attached hydrogens (tertiary/aromatic N) is 1. The molecule has 0 aliphatic heterocycles. The van der Waals surface area contributed by atoms with E-state index in [1.54, 1.807) is 0 Å². The van der Waals surface area contributed by atoms with Crippen LogP contribution >= 0.6 is 0 Å². The van der Waals surface area contributed by atoms with Gasteiger partial charge < -0.3 is 15.7 Å². The SMILES string of the molecule is Cc1ccc(OCC/C(N)=N/O)c(C)c1. The summed E-state index contributed by atoms with van der Waals surface area (Å²) in [5.41, 5.74) is 7.62. The Hall–Kier alpha value is -1.71. The van der Waals surface area contributed by atoms with Crippen molar-refractivity contribution < 1.29 is 9.94 Å². The third-order valence-corrected chi connectivity index (χ3v) is 2.07. The lowest BCUT2D eigenvalue weighted by atomic mass is 10.1. The summed E-state index contributed by atoms with van der Waals surface area (Å²) < 4.78 is 5.49. The molecule has 0 unspecified atom stereocenters. The third-order valence-electron chi connectivity index (χ3n) is 2.07. The Balaban J connectivity index is 2.51. The molecular formula is C11H16N2O2. The molecule has 0 amide bonds. The number of amidine groups is 1. The number of nitrogens with two attached hydrogens (primary N) is 1. The normalized spacial score (nSPS) is 11.5. The van der Waals surface area contributed by atoms with E-state index in [1.807, 2.05) is 26.0 Å². The zero-order chi connectivity index (χ0) is 11.3. The number of aryl methyl sites for hydroxylation is 2. The summed E-state index contributed by atoms with van der Waals surface area (Å²) in [6.45, 7) is 4.44. The molecule has 0 heterocycles. The molecule has 0 aromatic heterocycles. The van der Waals surface area contributed by atoms with Crippen molar-refractivity contribution in [1.82, 2.24) is 0 Å². The van der Waals surface area contributed by atoms with Gasteiger partial charge in [0.1, 0.15) is 11.6 Å². The van der Waals surface area contributed by atoms with Crippen molar-refractivity contribution >= 4 is 5.84 Å². The predicted molar refractivity (Wildman–Crippen MR) is 59.4 cm³/mol. The van der Waals surface area contributed by atoms with E-state index < -0.39 is 0 Å². The average Bonchev–Trinajstić information content (AvgIpc) is 2.21. The van der Waals surface area contributed by atoms with Gasteiger partial charge in [-0.3, -0.25) is 0 Å². The quantitative estimate of drug-likeness (QED) is 0.343. The molecule has 0 aliphatic carbocycles. The minimum Gasteiger partial charge on any atom is -0.493 e. The molecule has 1 aromatic rings. The zero-order valence-corrected chi connectivity index (χ0v) is 9.03. The van der Waals surface area contributed by atoms with E-state index in [1.165, 1.54) is 5.56 Å². The summed E-state index contributed by atoms with van der Waals surface area (Å²) >= 11 is 0. The maximum atomic E-state index is 8.33. The summed E-state index contributed by atoms with van der Waals surface area (Å²) in [4.78, 5) is 0. The highest BCUT2D eigenvalue weighted by molar-refractivity contribution is 5.79. The highest BCUT2D eigenvalue weighted by Crippen LogP contribution is 2.18. The van der Waals surface area contributed by atoms with Crippen LogP contribution in [-0.2, 0) is 0 Å². The van der Waals surface area contributed by atoms with Gasteiger partial charge in [-0.05, 0) is 25.5 Å². The van der Waals surface area contributed by atoms with Crippen LogP contribution in [-0.4, -0.2) is 17.6 Å². The molecule has 0 aliphatic rings. The van der Waals surface area contributed by atoms with E-state index >= 15 is 0 Å². The number of oxime groups is 1. The second-order valence-electron chi connectivity index (χ2n) is 3.46. The van der Waals surface area contributed by atoms with E-state index in [9.17, 15) is 0 Å². The van der Waals surface area contributed by atoms with E-state index in [0.29, 0.717) is 13.0 Å². The Labute approximate surface area is 89.4 Å². The summed E-state index contributed by atoms with van der Waals surface area (Å²) in [5.74, 6) is 1.02. The van der Waals surface area contributed by atoms with Gasteiger partial charge in [-0.2, -0.15) is 0 Å². The first kappa shape index (κ1) is 11.4. The van der Waals surface area contributed by atoms with Crippen molar-refractivity contribution in [3.05, 3.63) is 29.3 Å². The van der Waals surface area contributed by atoms with Crippen LogP contribution in [0.1, 0.15) is 17.5 Å². The molecule has 4 heteroatoms. The van der Waals surface area contributed by atoms with Gasteiger partial charge in [-0.25, -0.2) is 0 Å². The smallest absolute Gasteiger partial charge is 0.142 e. The Morgan fingerprint density at radius 3 is 2.80 bits per heavy atom. The standard InChI is InChI=1S/C11H16N2O2/c1-8-3-4-10(9(2)7-8)15-6-5-11(12)13-14/h3-4,7,14H,5-6H2,1-2H3,(H2,12,13). The molecule has 0 spiro atoms. The number of benzene rings is 1. The Morgan fingerprint density at radius 2 is 2.20 bits per heavy atom. The minimum absolute atomic E-state index is 0.180. The molecule has 15 heavy (non-hydrogen) atoms. The average molecular weight is 208 g/mol. The molecule has 0 saturated carbocycles. The van der Waals surface area contributed by atoms with Gasteiger partial charge in [0.25, 0.3) is 0 Å². The largest absolute Gasteiger partial charge is 0.493 e. The van der Waals surface area contributed by atoms with Crippen LogP contribution in [0, 0.1) is 13.8 Å². The van der Waals surface area contributed by atoms with Crippen molar-refractivity contribution in [3.63, 3.8) is 0 Å². The summed E-state index contributed by atoms with van der Waals surface area (Å²) in [7, 11) is 0. The predicted octanol–water partition coefficient (Wildman–Crippen LogP) is 1.82. The van der Waals surface area contributed by atoms with E-state index in [2.05, 4.69) is 11.2 Å². The lowest BCUT2D eigenvalue weighted by Gasteiger charge is -2.08. The van der Waals surface area contributed by atoms with E-state index in [-0.39, 0.29) is 5.84 Å². The van der Waals surface area contributed by atoms with Crippen LogP contribution in [0.3, 0.4) is 0 Å². The fourth-order valence-corrected chi connectivity index (χ4v) is 1.28. The molecule has 82 valence electrons. The van der Waals surface area contributed by atoms with E-state index in [0.717, 1.165) is 11.3 Å². The Bertz CT molecular complexity index is 362. The van der Waals surface area contributed by atoms with Crippen molar-refractivity contribution in [3.8, 4) is 5.75 Å². The van der Waals surface area contributed by atoms with Gasteiger partial charge in [0.15, 0.2) is 0 Å². The maximum absolute atomic E-state index is 8.33. The number of hydrogen-bond acceptors (Lipinski definition) is 3. The van der Waals surface area contributed by atoms with Crippen LogP contribution in [0.15, 0.2) is 23.4 Å². The highest BCUT2D eigenvalue weighted by Gasteiger charge is 2.00. The Morgan fingerprint density at radius 1 is 1.47 bits per heavy atom. The molecular weight excluding hydrogens is 192 g/mol. The molecule has 3 N–H and O–H groups in total. The fraction of sp³-hybridized carbons (Fsp3) is 0.364. The molecule has 0 atom stereocenters. The monoisotopic (exact) mass is 208 g/mol. The molecule has 1 aromatic carbocycles. The lowest BCUT2D eigenvalue weighted by molar-refractivity contribution is 0.305. The number of hydrogen-bond donors (Lipinski definition) is 2. The van der Waals surface area contributed by atoms with Crippen molar-refractivity contribution in [2.75, 3.05) is 6.61 Å². The first-order chi connectivity index (χ1) is 7.13. The maximum Gasteiger partial charge on any atom is 0.142 e. The van der Waals surface area contributed by atoms with Crippen LogP contribution < -0.4 is 10.5 Å². The molecule has 4 nitrogen and oxygen atoms in total. The summed E-state index contributed by atoms with van der Waals surface area (Å²) in [6.07, 6.45) is 0.420. The first-order valence-corrected chi connectivity index (χ1v) is 4.80. The summed E-state index contributed by atoms with van der Waals surface area (Å²) in [5, 5.41) is 11.2. The molecule has 0 radical (unpaired) electrons. The van der Waals surface area contributed by atoms with Gasteiger partial charge in [-0.15, -0.1) is 0 Å². The zero-order valence-electron chi connectivity index (χ0n) is 9.03. The fourth-order valence-electron chi connectivity index (χ4n) is 1.28. The molecule has 1 rings (SSSR count). The van der Waals surface area contributed by atoms with Gasteiger partial charge >= 0.3 is 0 Å². The van der Waals surface area contributed by atoms with Crippen LogP contribution in [0.4, 0.5) is 0 Å². The molecule has 0 fully saturated rings. The second kappa shape index (κ2) is 5.24. The van der Waals surface area contributed by atoms with E-state index in [4.69, 9.17) is 15.7 Å². The van der Waals surface area contributed by atoms with Crippen molar-refractivity contribution in [1.29, 1.82) is 0 Å². The first-order valence-electron chi connectivity index (χ1n) is 4.80. The second-order valence-corrected chi connectivity index (χ2v) is 3.46. The van der Waals surface area contributed by atoms with Crippen LogP contribution in [0.5, 0.6) is 5.75 Å². The summed E-state index contributed by atoms with van der Waals surface area (Å²) in [6, 6.07) is 5.97. The third kappa shape index (κ3) is 3.50. The van der Waals surface area contributed by atoms with Crippen LogP contribution in [0.25, 0.3) is 0 Å². The van der Waals surface area contributed by atoms with Gasteiger partial charge in [0, 0.05) is 6.42 Å². The van der Waals surface area contributed by atoms with Crippen molar-refractivity contribution in [2.24, 2.45) is 10.9 Å². The minimum atomic E-state index is 0.180. The van der Waals surface area contributed by atoms with Crippen LogP contribution in [0.2, 0.25) is 0 Å². The topological polar surface area (TPSA) is 67.8 Å². The number of ether oxygens (including phenoxy) is 1. The highest BCUT2D eigenvalue weighted by atomic mass is 16.5.